The van der Waals surface area contributed by atoms with E-state index in [1.807, 2.05) is 16.9 Å². The predicted molar refractivity (Wildman–Crippen MR) is 70.0 cm³/mol. The molecule has 4 heteroatoms. The van der Waals surface area contributed by atoms with Crippen molar-refractivity contribution in [2.45, 2.75) is 39.9 Å². The average molecular weight is 232 g/mol. The maximum absolute atomic E-state index is 4.39. The van der Waals surface area contributed by atoms with E-state index in [0.717, 1.165) is 25.5 Å². The zero-order chi connectivity index (χ0) is 12.1. The Bertz CT molecular complexity index is 455. The number of aromatic nitrogens is 3. The molecule has 0 radical (unpaired) electrons. The highest BCUT2D eigenvalue weighted by Gasteiger charge is 1.99. The number of nitrogens with one attached hydrogen (secondary N) is 1. The zero-order valence-electron chi connectivity index (χ0n) is 10.6. The van der Waals surface area contributed by atoms with Crippen molar-refractivity contribution in [3.8, 4) is 0 Å². The van der Waals surface area contributed by atoms with Crippen molar-refractivity contribution < 1.29 is 0 Å². The number of nitrogens with zero attached hydrogens (tertiary/aromatic N) is 3. The van der Waals surface area contributed by atoms with Gasteiger partial charge in [0.15, 0.2) is 0 Å². The molecule has 0 amide bonds. The van der Waals surface area contributed by atoms with Crippen molar-refractivity contribution >= 4 is 5.82 Å². The molecule has 2 heterocycles. The van der Waals surface area contributed by atoms with Crippen LogP contribution < -0.4 is 5.32 Å². The fourth-order valence-electron chi connectivity index (χ4n) is 1.82. The molecule has 0 atom stereocenters. The van der Waals surface area contributed by atoms with Gasteiger partial charge in [-0.05, 0) is 25.0 Å². The van der Waals surface area contributed by atoms with Crippen LogP contribution in [0.5, 0.6) is 0 Å². The summed E-state index contributed by atoms with van der Waals surface area (Å²) >= 11 is 0. The smallest absolute Gasteiger partial charge is 0.148 e. The summed E-state index contributed by atoms with van der Waals surface area (Å²) in [5.41, 5.74) is 1.30. The standard InChI is InChI=1S/C13H20N4/c1-3-7-16-8-5-12(11-16)10-14-13-6-9-17(4-2)15-13/h5-6,8-9,11H,3-4,7,10H2,1-2H3,(H,14,15). The minimum atomic E-state index is 0.831. The second-order valence-electron chi connectivity index (χ2n) is 4.17. The normalized spacial score (nSPS) is 10.7. The summed E-state index contributed by atoms with van der Waals surface area (Å²) in [5.74, 6) is 0.940. The van der Waals surface area contributed by atoms with Crippen LogP contribution in [0.1, 0.15) is 25.8 Å². The summed E-state index contributed by atoms with van der Waals surface area (Å²) in [6.45, 7) is 7.10. The second-order valence-corrected chi connectivity index (χ2v) is 4.17. The van der Waals surface area contributed by atoms with Crippen molar-refractivity contribution in [1.29, 1.82) is 0 Å². The monoisotopic (exact) mass is 232 g/mol. The first-order valence-electron chi connectivity index (χ1n) is 6.23. The SMILES string of the molecule is CCCn1ccc(CNc2ccn(CC)n2)c1. The summed E-state index contributed by atoms with van der Waals surface area (Å²) in [4.78, 5) is 0. The van der Waals surface area contributed by atoms with Gasteiger partial charge in [-0.3, -0.25) is 4.68 Å². The Hall–Kier alpha value is -1.71. The maximum atomic E-state index is 4.39. The molecule has 2 rings (SSSR count). The molecule has 0 saturated carbocycles. The van der Waals surface area contributed by atoms with Crippen LogP contribution >= 0.6 is 0 Å². The van der Waals surface area contributed by atoms with Crippen molar-refractivity contribution in [3.05, 3.63) is 36.3 Å². The fraction of sp³-hybridized carbons (Fsp3) is 0.462. The van der Waals surface area contributed by atoms with E-state index < -0.39 is 0 Å². The van der Waals surface area contributed by atoms with Gasteiger partial charge in [-0.25, -0.2) is 0 Å². The van der Waals surface area contributed by atoms with Crippen molar-refractivity contribution in [2.75, 3.05) is 5.32 Å². The molecule has 0 aromatic carbocycles. The minimum absolute atomic E-state index is 0.831. The Morgan fingerprint density at radius 2 is 2.12 bits per heavy atom. The van der Waals surface area contributed by atoms with Gasteiger partial charge in [0.1, 0.15) is 5.82 Å². The number of hydrogen-bond donors (Lipinski definition) is 1. The van der Waals surface area contributed by atoms with Gasteiger partial charge in [0.05, 0.1) is 0 Å². The van der Waals surface area contributed by atoms with E-state index in [9.17, 15) is 0 Å². The molecule has 0 aliphatic heterocycles. The van der Waals surface area contributed by atoms with E-state index in [-0.39, 0.29) is 0 Å². The van der Waals surface area contributed by atoms with Crippen LogP contribution in [-0.4, -0.2) is 14.3 Å². The molecule has 0 aliphatic rings. The molecule has 0 aliphatic carbocycles. The zero-order valence-corrected chi connectivity index (χ0v) is 10.6. The Morgan fingerprint density at radius 1 is 1.24 bits per heavy atom. The van der Waals surface area contributed by atoms with Crippen LogP contribution in [0.3, 0.4) is 0 Å². The van der Waals surface area contributed by atoms with Crippen LogP contribution in [0, 0.1) is 0 Å². The lowest BCUT2D eigenvalue weighted by Gasteiger charge is -2.01. The number of hydrogen-bond acceptors (Lipinski definition) is 2. The summed E-state index contributed by atoms with van der Waals surface area (Å²) in [7, 11) is 0. The van der Waals surface area contributed by atoms with E-state index in [1.165, 1.54) is 12.0 Å². The lowest BCUT2D eigenvalue weighted by molar-refractivity contribution is 0.661. The Balaban J connectivity index is 1.88. The van der Waals surface area contributed by atoms with E-state index in [1.54, 1.807) is 0 Å². The predicted octanol–water partition coefficient (Wildman–Crippen LogP) is 2.73. The molecule has 0 saturated heterocycles. The third-order valence-corrected chi connectivity index (χ3v) is 2.73. The van der Waals surface area contributed by atoms with E-state index >= 15 is 0 Å². The molecule has 0 unspecified atom stereocenters. The molecule has 2 aromatic rings. The summed E-state index contributed by atoms with van der Waals surface area (Å²) in [5, 5.41) is 7.71. The van der Waals surface area contributed by atoms with Gasteiger partial charge >= 0.3 is 0 Å². The van der Waals surface area contributed by atoms with E-state index in [2.05, 4.69) is 47.3 Å². The molecule has 4 nitrogen and oxygen atoms in total. The van der Waals surface area contributed by atoms with Gasteiger partial charge in [-0.2, -0.15) is 5.10 Å². The highest BCUT2D eigenvalue weighted by atomic mass is 15.3. The van der Waals surface area contributed by atoms with Crippen LogP contribution in [0.25, 0.3) is 0 Å². The van der Waals surface area contributed by atoms with Crippen LogP contribution in [0.4, 0.5) is 5.82 Å². The molecule has 0 spiro atoms. The van der Waals surface area contributed by atoms with Gasteiger partial charge < -0.3 is 9.88 Å². The molecular formula is C13H20N4. The van der Waals surface area contributed by atoms with Crippen molar-refractivity contribution in [1.82, 2.24) is 14.3 Å². The Morgan fingerprint density at radius 3 is 2.82 bits per heavy atom. The number of anilines is 1. The molecule has 0 fully saturated rings. The first-order chi connectivity index (χ1) is 8.31. The van der Waals surface area contributed by atoms with Crippen molar-refractivity contribution in [3.63, 3.8) is 0 Å². The lowest BCUT2D eigenvalue weighted by Crippen LogP contribution is -2.01. The summed E-state index contributed by atoms with van der Waals surface area (Å²) < 4.78 is 4.15. The topological polar surface area (TPSA) is 34.8 Å². The highest BCUT2D eigenvalue weighted by Crippen LogP contribution is 2.07. The summed E-state index contributed by atoms with van der Waals surface area (Å²) in [6, 6.07) is 4.16. The maximum Gasteiger partial charge on any atom is 0.148 e. The first-order valence-corrected chi connectivity index (χ1v) is 6.23. The highest BCUT2D eigenvalue weighted by molar-refractivity contribution is 5.33. The lowest BCUT2D eigenvalue weighted by atomic mass is 10.3. The van der Waals surface area contributed by atoms with Gasteiger partial charge in [-0.15, -0.1) is 0 Å². The Labute approximate surface area is 102 Å². The van der Waals surface area contributed by atoms with Gasteiger partial charge in [0, 0.05) is 44.3 Å². The van der Waals surface area contributed by atoms with Crippen LogP contribution in [0.15, 0.2) is 30.7 Å². The number of rotatable bonds is 6. The number of aryl methyl sites for hydroxylation is 2. The third kappa shape index (κ3) is 3.12. The molecular weight excluding hydrogens is 212 g/mol. The second kappa shape index (κ2) is 5.57. The van der Waals surface area contributed by atoms with Crippen molar-refractivity contribution in [2.24, 2.45) is 0 Å². The summed E-state index contributed by atoms with van der Waals surface area (Å²) in [6.07, 6.45) is 7.48. The Kier molecular flexibility index (Phi) is 3.85. The molecule has 17 heavy (non-hydrogen) atoms. The average Bonchev–Trinajstić information content (AvgIpc) is 2.95. The quantitative estimate of drug-likeness (QED) is 0.831. The minimum Gasteiger partial charge on any atom is -0.364 e. The molecule has 2 aromatic heterocycles. The van der Waals surface area contributed by atoms with Gasteiger partial charge in [0.2, 0.25) is 0 Å². The van der Waals surface area contributed by atoms with E-state index in [4.69, 9.17) is 0 Å². The molecule has 92 valence electrons. The fourth-order valence-corrected chi connectivity index (χ4v) is 1.82. The molecule has 1 N–H and O–H groups in total. The van der Waals surface area contributed by atoms with Crippen LogP contribution in [0.2, 0.25) is 0 Å². The van der Waals surface area contributed by atoms with Gasteiger partial charge in [-0.1, -0.05) is 6.92 Å². The largest absolute Gasteiger partial charge is 0.364 e. The third-order valence-electron chi connectivity index (χ3n) is 2.73. The van der Waals surface area contributed by atoms with E-state index in [0.29, 0.717) is 0 Å². The van der Waals surface area contributed by atoms with Gasteiger partial charge in [0.25, 0.3) is 0 Å². The first kappa shape index (κ1) is 11.8. The molecule has 0 bridgehead atoms. The van der Waals surface area contributed by atoms with Crippen LogP contribution in [-0.2, 0) is 19.6 Å².